The van der Waals surface area contributed by atoms with Crippen LogP contribution in [0.2, 0.25) is 0 Å². The first-order valence-corrected chi connectivity index (χ1v) is 11.7. The topological polar surface area (TPSA) is 155 Å². The van der Waals surface area contributed by atoms with E-state index in [1.165, 1.54) is 6.20 Å². The molecular formula is C28H29N5O5. The van der Waals surface area contributed by atoms with Gasteiger partial charge in [-0.25, -0.2) is 4.98 Å². The molecule has 38 heavy (non-hydrogen) atoms. The Hall–Kier alpha value is -4.67. The Bertz CT molecular complexity index is 1320. The maximum Gasteiger partial charge on any atom is 0.256 e. The lowest BCUT2D eigenvalue weighted by atomic mass is 9.79. The van der Waals surface area contributed by atoms with Crippen LogP contribution >= 0.6 is 0 Å². The van der Waals surface area contributed by atoms with Gasteiger partial charge in [-0.2, -0.15) is 4.98 Å². The van der Waals surface area contributed by atoms with Crippen LogP contribution in [0.25, 0.3) is 0 Å². The molecule has 4 aromatic rings. The van der Waals surface area contributed by atoms with E-state index >= 15 is 0 Å². The van der Waals surface area contributed by atoms with E-state index in [1.807, 2.05) is 54.6 Å². The second kappa shape index (κ2) is 11.6. The minimum absolute atomic E-state index is 0.0119. The number of anilines is 3. The Morgan fingerprint density at radius 2 is 1.42 bits per heavy atom. The van der Waals surface area contributed by atoms with Crippen molar-refractivity contribution in [3.8, 4) is 11.5 Å². The number of carbonyl (C=O) groups excluding carboxylic acids is 1. The number of nitrogen functional groups attached to an aromatic ring is 2. The zero-order chi connectivity index (χ0) is 27.1. The lowest BCUT2D eigenvalue weighted by molar-refractivity contribution is -0.139. The molecule has 1 amide bonds. The van der Waals surface area contributed by atoms with Crippen molar-refractivity contribution in [3.05, 3.63) is 102 Å². The number of carbonyl (C=O) groups is 1. The largest absolute Gasteiger partial charge is 0.497 e. The number of aliphatic hydroxyl groups is 1. The van der Waals surface area contributed by atoms with Crippen LogP contribution < -0.4 is 26.3 Å². The standard InChI is InChI=1S/C28H29N5O5/c1-36-21-12-8-19(9-13-21)28(18-6-4-3-5-7-18,20-10-14-22(37-2)15-11-20)38-24(17-34)26(35)32-23-16-31-27(30)33-25(23)29/h3-16,24,34H,17H2,1-2H3,(H,32,35)(H4,29,30,31,33)/t24-/m1/s1. The quantitative estimate of drug-likeness (QED) is 0.233. The summed E-state index contributed by atoms with van der Waals surface area (Å²) < 4.78 is 17.4. The summed E-state index contributed by atoms with van der Waals surface area (Å²) in [5, 5.41) is 13.0. The molecule has 0 spiro atoms. The van der Waals surface area contributed by atoms with Crippen LogP contribution in [0.15, 0.2) is 85.1 Å². The molecule has 0 bridgehead atoms. The van der Waals surface area contributed by atoms with Crippen LogP contribution in [0.1, 0.15) is 16.7 Å². The first kappa shape index (κ1) is 26.4. The number of hydrogen-bond donors (Lipinski definition) is 4. The summed E-state index contributed by atoms with van der Waals surface area (Å²) in [6.45, 7) is -0.623. The normalized spacial score (nSPS) is 12.0. The summed E-state index contributed by atoms with van der Waals surface area (Å²) in [6, 6.07) is 24.1. The van der Waals surface area contributed by atoms with E-state index in [4.69, 9.17) is 25.7 Å². The average molecular weight is 516 g/mol. The van der Waals surface area contributed by atoms with Gasteiger partial charge in [-0.3, -0.25) is 4.79 Å². The van der Waals surface area contributed by atoms with Crippen molar-refractivity contribution >= 4 is 23.4 Å². The highest BCUT2D eigenvalue weighted by Gasteiger charge is 2.41. The molecule has 0 saturated heterocycles. The lowest BCUT2D eigenvalue weighted by Gasteiger charge is -2.38. The number of aromatic nitrogens is 2. The van der Waals surface area contributed by atoms with Crippen molar-refractivity contribution in [1.82, 2.24) is 9.97 Å². The second-order valence-electron chi connectivity index (χ2n) is 8.31. The van der Waals surface area contributed by atoms with Crippen LogP contribution in [0.5, 0.6) is 11.5 Å². The third-order valence-electron chi connectivity index (χ3n) is 6.05. The van der Waals surface area contributed by atoms with Crippen molar-refractivity contribution in [2.75, 3.05) is 37.6 Å². The van der Waals surface area contributed by atoms with Gasteiger partial charge in [0, 0.05) is 0 Å². The Balaban J connectivity index is 1.85. The Kier molecular flexibility index (Phi) is 8.05. The molecular weight excluding hydrogens is 486 g/mol. The van der Waals surface area contributed by atoms with Gasteiger partial charge in [-0.15, -0.1) is 0 Å². The molecule has 0 fully saturated rings. The molecule has 10 heteroatoms. The maximum absolute atomic E-state index is 13.4. The van der Waals surface area contributed by atoms with Gasteiger partial charge < -0.3 is 36.1 Å². The third kappa shape index (κ3) is 5.36. The Labute approximate surface area is 220 Å². The van der Waals surface area contributed by atoms with Crippen molar-refractivity contribution in [2.45, 2.75) is 11.7 Å². The van der Waals surface area contributed by atoms with E-state index in [9.17, 15) is 9.90 Å². The fourth-order valence-corrected chi connectivity index (χ4v) is 4.13. The summed E-state index contributed by atoms with van der Waals surface area (Å²) in [7, 11) is 3.16. The van der Waals surface area contributed by atoms with Gasteiger partial charge in [0.25, 0.3) is 5.91 Å². The van der Waals surface area contributed by atoms with Crippen LogP contribution in [-0.2, 0) is 15.1 Å². The van der Waals surface area contributed by atoms with Crippen LogP contribution in [0.4, 0.5) is 17.5 Å². The van der Waals surface area contributed by atoms with E-state index in [1.54, 1.807) is 38.5 Å². The van der Waals surface area contributed by atoms with Gasteiger partial charge in [0.1, 0.15) is 22.8 Å². The third-order valence-corrected chi connectivity index (χ3v) is 6.05. The summed E-state index contributed by atoms with van der Waals surface area (Å²) in [4.78, 5) is 21.1. The Morgan fingerprint density at radius 3 is 1.89 bits per heavy atom. The molecule has 0 aliphatic rings. The highest BCUT2D eigenvalue weighted by atomic mass is 16.5. The van der Waals surface area contributed by atoms with Gasteiger partial charge in [0.2, 0.25) is 5.95 Å². The van der Waals surface area contributed by atoms with Gasteiger partial charge in [0.15, 0.2) is 11.9 Å². The van der Waals surface area contributed by atoms with Gasteiger partial charge >= 0.3 is 0 Å². The Morgan fingerprint density at radius 1 is 0.895 bits per heavy atom. The summed E-state index contributed by atoms with van der Waals surface area (Å²) in [6.07, 6.45) is -0.0298. The fraction of sp³-hybridized carbons (Fsp3) is 0.179. The monoisotopic (exact) mass is 515 g/mol. The first-order valence-electron chi connectivity index (χ1n) is 11.7. The van der Waals surface area contributed by atoms with Crippen molar-refractivity contribution in [3.63, 3.8) is 0 Å². The van der Waals surface area contributed by atoms with E-state index < -0.39 is 24.2 Å². The predicted octanol–water partition coefficient (Wildman–Crippen LogP) is 2.97. The van der Waals surface area contributed by atoms with Crippen LogP contribution in [-0.4, -0.2) is 47.9 Å². The molecule has 0 aliphatic carbocycles. The molecule has 196 valence electrons. The highest BCUT2D eigenvalue weighted by molar-refractivity contribution is 5.96. The number of benzene rings is 3. The summed E-state index contributed by atoms with van der Waals surface area (Å²) in [5.74, 6) is 0.621. The number of methoxy groups -OCH3 is 2. The zero-order valence-electron chi connectivity index (χ0n) is 21.0. The zero-order valence-corrected chi connectivity index (χ0v) is 21.0. The number of nitrogens with two attached hydrogens (primary N) is 2. The lowest BCUT2D eigenvalue weighted by Crippen LogP contribution is -2.43. The van der Waals surface area contributed by atoms with E-state index in [0.29, 0.717) is 22.6 Å². The maximum atomic E-state index is 13.4. The number of amides is 1. The van der Waals surface area contributed by atoms with Gasteiger partial charge in [-0.1, -0.05) is 54.6 Å². The van der Waals surface area contributed by atoms with Crippen LogP contribution in [0, 0.1) is 0 Å². The number of hydrogen-bond acceptors (Lipinski definition) is 9. The molecule has 1 aromatic heterocycles. The number of ether oxygens (including phenoxy) is 3. The van der Waals surface area contributed by atoms with Crippen molar-refractivity contribution in [2.24, 2.45) is 0 Å². The molecule has 10 nitrogen and oxygen atoms in total. The SMILES string of the molecule is COc1ccc(C(O[C@H](CO)C(=O)Nc2cnc(N)nc2N)(c2ccccc2)c2ccc(OC)cc2)cc1. The first-order chi connectivity index (χ1) is 18.4. The van der Waals surface area contributed by atoms with E-state index in [-0.39, 0.29) is 17.5 Å². The number of nitrogens with one attached hydrogen (secondary N) is 1. The molecule has 4 rings (SSSR count). The molecule has 1 heterocycles. The summed E-state index contributed by atoms with van der Waals surface area (Å²) in [5.41, 5.74) is 12.4. The van der Waals surface area contributed by atoms with E-state index in [0.717, 1.165) is 5.56 Å². The number of aliphatic hydroxyl groups excluding tert-OH is 1. The molecule has 0 aliphatic heterocycles. The summed E-state index contributed by atoms with van der Waals surface area (Å²) >= 11 is 0. The molecule has 6 N–H and O–H groups in total. The number of rotatable bonds is 10. The number of nitrogens with zero attached hydrogens (tertiary/aromatic N) is 2. The molecule has 3 aromatic carbocycles. The average Bonchev–Trinajstić information content (AvgIpc) is 2.96. The second-order valence-corrected chi connectivity index (χ2v) is 8.31. The highest BCUT2D eigenvalue weighted by Crippen LogP contribution is 2.42. The van der Waals surface area contributed by atoms with Gasteiger partial charge in [-0.05, 0) is 41.0 Å². The van der Waals surface area contributed by atoms with Crippen LogP contribution in [0.3, 0.4) is 0 Å². The fourth-order valence-electron chi connectivity index (χ4n) is 4.13. The van der Waals surface area contributed by atoms with Crippen molar-refractivity contribution in [1.29, 1.82) is 0 Å². The molecule has 1 atom stereocenters. The molecule has 0 saturated carbocycles. The molecule has 0 unspecified atom stereocenters. The molecule has 0 radical (unpaired) electrons. The van der Waals surface area contributed by atoms with E-state index in [2.05, 4.69) is 15.3 Å². The van der Waals surface area contributed by atoms with Crippen molar-refractivity contribution < 1.29 is 24.1 Å². The van der Waals surface area contributed by atoms with Gasteiger partial charge in [0.05, 0.1) is 27.0 Å². The predicted molar refractivity (Wildman–Crippen MR) is 144 cm³/mol. The minimum atomic E-state index is -1.32. The smallest absolute Gasteiger partial charge is 0.256 e. The minimum Gasteiger partial charge on any atom is -0.497 e.